The number of halogens is 3. The van der Waals surface area contributed by atoms with Gasteiger partial charge in [0.25, 0.3) is 0 Å². The van der Waals surface area contributed by atoms with Crippen molar-refractivity contribution in [1.82, 2.24) is 24.7 Å². The zero-order chi connectivity index (χ0) is 25.0. The minimum Gasteiger partial charge on any atom is -0.373 e. The molecule has 186 valence electrons. The van der Waals surface area contributed by atoms with Crippen LogP contribution >= 0.6 is 0 Å². The van der Waals surface area contributed by atoms with E-state index in [1.807, 2.05) is 36.9 Å². The van der Waals surface area contributed by atoms with Gasteiger partial charge in [0, 0.05) is 52.8 Å². The van der Waals surface area contributed by atoms with Crippen LogP contribution < -0.4 is 0 Å². The molecular weight excluding hydrogens is 467 g/mol. The molecule has 2 aliphatic rings. The number of nitrogens with zero attached hydrogens (tertiary/aromatic N) is 5. The van der Waals surface area contributed by atoms with Crippen LogP contribution in [0.15, 0.2) is 42.9 Å². The number of pyridine rings is 3. The van der Waals surface area contributed by atoms with Gasteiger partial charge >= 0.3 is 6.18 Å². The maximum absolute atomic E-state index is 13.1. The highest BCUT2D eigenvalue weighted by Crippen LogP contribution is 2.41. The Labute approximate surface area is 206 Å². The Morgan fingerprint density at radius 2 is 1.86 bits per heavy atom. The smallest absolute Gasteiger partial charge is 0.373 e. The van der Waals surface area contributed by atoms with Gasteiger partial charge in [-0.15, -0.1) is 0 Å². The fourth-order valence-corrected chi connectivity index (χ4v) is 4.88. The molecule has 6 rings (SSSR count). The number of hydrogen-bond donors (Lipinski definition) is 0. The maximum atomic E-state index is 13.1. The molecule has 0 aromatic carbocycles. The van der Waals surface area contributed by atoms with E-state index in [-0.39, 0.29) is 12.0 Å². The second kappa shape index (κ2) is 8.65. The lowest BCUT2D eigenvalue weighted by molar-refractivity contribution is -0.141. The SMILES string of the molecule is Cc1cc2c(-c3ccc(C(F)(F)F)nc3)cc([C@@H]3CCO[C@@H](c4cnn(C5CC5)c4)C3)nc2nc1C. The summed E-state index contributed by atoms with van der Waals surface area (Å²) in [4.78, 5) is 13.3. The first-order valence-electron chi connectivity index (χ1n) is 12.2. The van der Waals surface area contributed by atoms with Gasteiger partial charge in [0.2, 0.25) is 0 Å². The lowest BCUT2D eigenvalue weighted by Crippen LogP contribution is -2.19. The van der Waals surface area contributed by atoms with Crippen molar-refractivity contribution in [3.8, 4) is 11.1 Å². The monoisotopic (exact) mass is 493 g/mol. The van der Waals surface area contributed by atoms with Crippen molar-refractivity contribution in [1.29, 1.82) is 0 Å². The molecule has 4 aromatic rings. The van der Waals surface area contributed by atoms with Gasteiger partial charge < -0.3 is 4.74 Å². The minimum atomic E-state index is -4.48. The molecule has 0 N–H and O–H groups in total. The number of aryl methyl sites for hydroxylation is 2. The summed E-state index contributed by atoms with van der Waals surface area (Å²) in [6.07, 6.45) is 4.62. The molecule has 0 amide bonds. The normalized spacial score (nSPS) is 20.7. The van der Waals surface area contributed by atoms with Gasteiger partial charge in [-0.25, -0.2) is 9.97 Å². The van der Waals surface area contributed by atoms with Crippen molar-refractivity contribution < 1.29 is 17.9 Å². The Bertz CT molecular complexity index is 1430. The van der Waals surface area contributed by atoms with E-state index in [4.69, 9.17) is 14.7 Å². The molecule has 1 aliphatic heterocycles. The largest absolute Gasteiger partial charge is 0.433 e. The number of rotatable bonds is 4. The summed E-state index contributed by atoms with van der Waals surface area (Å²) < 4.78 is 47.4. The first-order chi connectivity index (χ1) is 17.3. The first kappa shape index (κ1) is 23.1. The zero-order valence-electron chi connectivity index (χ0n) is 20.1. The van der Waals surface area contributed by atoms with Crippen LogP contribution in [0.5, 0.6) is 0 Å². The summed E-state index contributed by atoms with van der Waals surface area (Å²) in [5, 5.41) is 5.32. The van der Waals surface area contributed by atoms with Gasteiger partial charge in [0.05, 0.1) is 18.3 Å². The third-order valence-corrected chi connectivity index (χ3v) is 7.24. The summed E-state index contributed by atoms with van der Waals surface area (Å²) in [6, 6.07) is 7.00. The van der Waals surface area contributed by atoms with E-state index in [2.05, 4.69) is 16.3 Å². The highest BCUT2D eigenvalue weighted by Gasteiger charge is 2.33. The van der Waals surface area contributed by atoms with Crippen LogP contribution in [-0.4, -0.2) is 31.3 Å². The number of aromatic nitrogens is 5. The summed E-state index contributed by atoms with van der Waals surface area (Å²) >= 11 is 0. The second-order valence-electron chi connectivity index (χ2n) is 9.85. The van der Waals surface area contributed by atoms with Crippen LogP contribution in [0.25, 0.3) is 22.2 Å². The van der Waals surface area contributed by atoms with E-state index >= 15 is 0 Å². The lowest BCUT2D eigenvalue weighted by atomic mass is 9.88. The van der Waals surface area contributed by atoms with Crippen LogP contribution in [0.1, 0.15) is 72.0 Å². The summed E-state index contributed by atoms with van der Waals surface area (Å²) in [5.74, 6) is 0.127. The Morgan fingerprint density at radius 3 is 2.58 bits per heavy atom. The number of ether oxygens (including phenoxy) is 1. The summed E-state index contributed by atoms with van der Waals surface area (Å²) in [5.41, 5.74) is 4.90. The van der Waals surface area contributed by atoms with Crippen molar-refractivity contribution in [3.63, 3.8) is 0 Å². The molecule has 6 nitrogen and oxygen atoms in total. The molecule has 2 atom stereocenters. The molecule has 0 unspecified atom stereocenters. The molecule has 4 aromatic heterocycles. The van der Waals surface area contributed by atoms with Crippen LogP contribution in [0.4, 0.5) is 13.2 Å². The number of fused-ring (bicyclic) bond motifs is 1. The lowest BCUT2D eigenvalue weighted by Gasteiger charge is -2.29. The molecule has 1 saturated carbocycles. The third-order valence-electron chi connectivity index (χ3n) is 7.24. The maximum Gasteiger partial charge on any atom is 0.433 e. The summed E-state index contributed by atoms with van der Waals surface area (Å²) in [7, 11) is 0. The standard InChI is InChI=1S/C27H26F3N5O/c1-15-9-22-21(18-3-6-25(31-12-18)27(28,29)30)11-23(34-26(22)33-16(15)2)17-7-8-36-24(10-17)19-13-32-35(14-19)20-4-5-20/h3,6,9,11-14,17,20,24H,4-5,7-8,10H2,1-2H3/t17-,24-/m1/s1. The Kier molecular flexibility index (Phi) is 5.55. The second-order valence-corrected chi connectivity index (χ2v) is 9.85. The fourth-order valence-electron chi connectivity index (χ4n) is 4.88. The molecule has 0 spiro atoms. The third kappa shape index (κ3) is 4.36. The van der Waals surface area contributed by atoms with Gasteiger partial charge in [-0.2, -0.15) is 18.3 Å². The predicted octanol–water partition coefficient (Wildman–Crippen LogP) is 6.49. The molecule has 0 radical (unpaired) electrons. The molecule has 2 fully saturated rings. The van der Waals surface area contributed by atoms with E-state index in [1.165, 1.54) is 25.1 Å². The molecule has 1 saturated heterocycles. The fraction of sp³-hybridized carbons (Fsp3) is 0.407. The van der Waals surface area contributed by atoms with Gasteiger partial charge in [0.15, 0.2) is 5.65 Å². The van der Waals surface area contributed by atoms with Crippen LogP contribution in [0, 0.1) is 13.8 Å². The quantitative estimate of drug-likeness (QED) is 0.325. The molecule has 1 aliphatic carbocycles. The molecule has 5 heterocycles. The van der Waals surface area contributed by atoms with Crippen molar-refractivity contribution >= 4 is 11.0 Å². The zero-order valence-corrected chi connectivity index (χ0v) is 20.1. The van der Waals surface area contributed by atoms with Crippen molar-refractivity contribution in [2.24, 2.45) is 0 Å². The average Bonchev–Trinajstić information content (AvgIpc) is 3.60. The van der Waals surface area contributed by atoms with Gasteiger partial charge in [0.1, 0.15) is 5.69 Å². The molecule has 0 bridgehead atoms. The van der Waals surface area contributed by atoms with Crippen molar-refractivity contribution in [2.75, 3.05) is 6.61 Å². The van der Waals surface area contributed by atoms with Crippen molar-refractivity contribution in [2.45, 2.75) is 63.8 Å². The van der Waals surface area contributed by atoms with E-state index in [0.29, 0.717) is 23.9 Å². The first-order valence-corrected chi connectivity index (χ1v) is 12.2. The highest BCUT2D eigenvalue weighted by atomic mass is 19.4. The van der Waals surface area contributed by atoms with E-state index < -0.39 is 11.9 Å². The average molecular weight is 494 g/mol. The Balaban J connectivity index is 1.38. The topological polar surface area (TPSA) is 65.7 Å². The van der Waals surface area contributed by atoms with Gasteiger partial charge in [-0.3, -0.25) is 9.67 Å². The number of hydrogen-bond acceptors (Lipinski definition) is 5. The van der Waals surface area contributed by atoms with Gasteiger partial charge in [-0.05, 0) is 68.9 Å². The molecular formula is C27H26F3N5O. The van der Waals surface area contributed by atoms with E-state index in [1.54, 1.807) is 0 Å². The van der Waals surface area contributed by atoms with E-state index in [9.17, 15) is 13.2 Å². The van der Waals surface area contributed by atoms with Crippen molar-refractivity contribution in [3.05, 3.63) is 71.1 Å². The van der Waals surface area contributed by atoms with Crippen LogP contribution in [0.3, 0.4) is 0 Å². The molecule has 36 heavy (non-hydrogen) atoms. The Hall–Kier alpha value is -3.33. The minimum absolute atomic E-state index is 0.0716. The summed E-state index contributed by atoms with van der Waals surface area (Å²) in [6.45, 7) is 4.50. The molecule has 9 heteroatoms. The predicted molar refractivity (Wildman–Crippen MR) is 128 cm³/mol. The highest BCUT2D eigenvalue weighted by molar-refractivity contribution is 5.93. The number of alkyl halides is 3. The van der Waals surface area contributed by atoms with Gasteiger partial charge in [-0.1, -0.05) is 6.07 Å². The van der Waals surface area contributed by atoms with Crippen LogP contribution in [-0.2, 0) is 10.9 Å². The van der Waals surface area contributed by atoms with E-state index in [0.717, 1.165) is 52.4 Å². The Morgan fingerprint density at radius 1 is 1.03 bits per heavy atom. The van der Waals surface area contributed by atoms with Crippen LogP contribution in [0.2, 0.25) is 0 Å².